The molecule has 0 bridgehead atoms. The van der Waals surface area contributed by atoms with E-state index in [-0.39, 0.29) is 11.8 Å². The highest BCUT2D eigenvalue weighted by molar-refractivity contribution is 6.35. The van der Waals surface area contributed by atoms with Gasteiger partial charge in [-0.1, -0.05) is 19.9 Å². The predicted octanol–water partition coefficient (Wildman–Crippen LogP) is 1.23. The number of amides is 2. The topological polar surface area (TPSA) is 56.8 Å². The molecule has 0 N–H and O–H groups in total. The summed E-state index contributed by atoms with van der Waals surface area (Å²) in [6.45, 7) is 8.25. The number of anilines is 1. The molecule has 2 unspecified atom stereocenters. The Morgan fingerprint density at radius 2 is 1.58 bits per heavy atom. The fourth-order valence-corrected chi connectivity index (χ4v) is 3.78. The lowest BCUT2D eigenvalue weighted by molar-refractivity contribution is -0.153. The molecular weight excluding hydrogens is 304 g/mol. The van der Waals surface area contributed by atoms with E-state index in [0.29, 0.717) is 51.1 Å². The first-order chi connectivity index (χ1) is 11.5. The monoisotopic (exact) mass is 330 g/mol. The van der Waals surface area contributed by atoms with E-state index in [4.69, 9.17) is 0 Å². The van der Waals surface area contributed by atoms with Gasteiger partial charge in [-0.15, -0.1) is 0 Å². The second-order valence-electron chi connectivity index (χ2n) is 7.12. The number of carbonyl (C=O) groups excluding carboxylic acids is 2. The zero-order valence-corrected chi connectivity index (χ0v) is 14.5. The second kappa shape index (κ2) is 7.20. The van der Waals surface area contributed by atoms with Gasteiger partial charge < -0.3 is 14.7 Å². The van der Waals surface area contributed by atoms with E-state index >= 15 is 0 Å². The van der Waals surface area contributed by atoms with Gasteiger partial charge in [0.25, 0.3) is 0 Å². The Bertz CT molecular complexity index is 574. The van der Waals surface area contributed by atoms with Crippen molar-refractivity contribution in [3.63, 3.8) is 0 Å². The maximum Gasteiger partial charge on any atom is 0.312 e. The summed E-state index contributed by atoms with van der Waals surface area (Å²) in [5.74, 6) is 1.17. The van der Waals surface area contributed by atoms with Gasteiger partial charge in [0.2, 0.25) is 0 Å². The minimum atomic E-state index is -0.350. The van der Waals surface area contributed by atoms with Crippen molar-refractivity contribution in [1.82, 2.24) is 14.8 Å². The van der Waals surface area contributed by atoms with Crippen LogP contribution in [0.1, 0.15) is 20.3 Å². The molecule has 130 valence electrons. The molecular formula is C18H26N4O2. The molecule has 6 heteroatoms. The van der Waals surface area contributed by atoms with Crippen molar-refractivity contribution in [3.8, 4) is 0 Å². The highest BCUT2D eigenvalue weighted by Crippen LogP contribution is 2.21. The van der Waals surface area contributed by atoms with Gasteiger partial charge in [0.1, 0.15) is 5.82 Å². The van der Waals surface area contributed by atoms with Crippen LogP contribution in [0.4, 0.5) is 5.82 Å². The van der Waals surface area contributed by atoms with Gasteiger partial charge in [0, 0.05) is 45.5 Å². The van der Waals surface area contributed by atoms with Crippen LogP contribution in [-0.4, -0.2) is 65.9 Å². The average molecular weight is 330 g/mol. The van der Waals surface area contributed by atoms with Crippen LogP contribution in [0.2, 0.25) is 0 Å². The van der Waals surface area contributed by atoms with Gasteiger partial charge in [-0.3, -0.25) is 9.59 Å². The Hall–Kier alpha value is -2.11. The molecule has 0 radical (unpaired) electrons. The third kappa shape index (κ3) is 3.68. The molecule has 2 atom stereocenters. The Morgan fingerprint density at radius 1 is 0.958 bits per heavy atom. The summed E-state index contributed by atoms with van der Waals surface area (Å²) in [5, 5.41) is 0. The second-order valence-corrected chi connectivity index (χ2v) is 7.12. The smallest absolute Gasteiger partial charge is 0.312 e. The summed E-state index contributed by atoms with van der Waals surface area (Å²) in [5.41, 5.74) is 0. The molecule has 0 aliphatic carbocycles. The highest BCUT2D eigenvalue weighted by Gasteiger charge is 2.33. The Kier molecular flexibility index (Phi) is 5.02. The maximum atomic E-state index is 12.6. The summed E-state index contributed by atoms with van der Waals surface area (Å²) in [4.78, 5) is 35.0. The molecule has 2 fully saturated rings. The number of pyridine rings is 1. The molecule has 2 aliphatic rings. The van der Waals surface area contributed by atoms with Gasteiger partial charge in [-0.25, -0.2) is 4.98 Å². The van der Waals surface area contributed by atoms with Crippen LogP contribution in [-0.2, 0) is 9.59 Å². The summed E-state index contributed by atoms with van der Waals surface area (Å²) >= 11 is 0. The molecule has 6 nitrogen and oxygen atoms in total. The predicted molar refractivity (Wildman–Crippen MR) is 92.6 cm³/mol. The van der Waals surface area contributed by atoms with E-state index in [2.05, 4.69) is 23.7 Å². The Labute approximate surface area is 143 Å². The van der Waals surface area contributed by atoms with Crippen LogP contribution in [0, 0.1) is 11.8 Å². The quantitative estimate of drug-likeness (QED) is 0.727. The fourth-order valence-electron chi connectivity index (χ4n) is 3.78. The van der Waals surface area contributed by atoms with Crippen molar-refractivity contribution in [1.29, 1.82) is 0 Å². The molecule has 24 heavy (non-hydrogen) atoms. The number of aromatic nitrogens is 1. The van der Waals surface area contributed by atoms with E-state index in [9.17, 15) is 9.59 Å². The van der Waals surface area contributed by atoms with Crippen LogP contribution in [0.3, 0.4) is 0 Å². The zero-order valence-electron chi connectivity index (χ0n) is 14.5. The molecule has 1 aromatic rings. The number of piperazine rings is 1. The number of piperidine rings is 1. The van der Waals surface area contributed by atoms with E-state index in [0.717, 1.165) is 12.2 Å². The minimum Gasteiger partial charge on any atom is -0.353 e. The van der Waals surface area contributed by atoms with Crippen molar-refractivity contribution >= 4 is 17.6 Å². The zero-order chi connectivity index (χ0) is 17.1. The van der Waals surface area contributed by atoms with Gasteiger partial charge in [0.05, 0.1) is 0 Å². The molecule has 3 rings (SSSR count). The first-order valence-electron chi connectivity index (χ1n) is 8.78. The minimum absolute atomic E-state index is 0.334. The molecule has 0 saturated carbocycles. The lowest BCUT2D eigenvalue weighted by Crippen LogP contribution is -2.55. The van der Waals surface area contributed by atoms with Gasteiger partial charge in [-0.2, -0.15) is 0 Å². The van der Waals surface area contributed by atoms with Crippen molar-refractivity contribution in [2.75, 3.05) is 44.2 Å². The van der Waals surface area contributed by atoms with Crippen molar-refractivity contribution in [3.05, 3.63) is 24.4 Å². The number of hydrogen-bond acceptors (Lipinski definition) is 4. The van der Waals surface area contributed by atoms with Gasteiger partial charge in [-0.05, 0) is 30.4 Å². The standard InChI is InChI=1S/C18H26N4O2/c1-14-11-15(2)13-22(12-14)18(24)17(23)21-9-7-20(8-10-21)16-5-3-4-6-19-16/h3-6,14-15H,7-13H2,1-2H3. The van der Waals surface area contributed by atoms with Gasteiger partial charge in [0.15, 0.2) is 0 Å². The molecule has 2 saturated heterocycles. The van der Waals surface area contributed by atoms with Crippen molar-refractivity contribution < 1.29 is 9.59 Å². The third-order valence-corrected chi connectivity index (χ3v) is 4.88. The lowest BCUT2D eigenvalue weighted by atomic mass is 9.92. The molecule has 2 aliphatic heterocycles. The van der Waals surface area contributed by atoms with Crippen LogP contribution in [0.5, 0.6) is 0 Å². The molecule has 0 aromatic carbocycles. The number of carbonyl (C=O) groups is 2. The summed E-state index contributed by atoms with van der Waals surface area (Å²) in [6.07, 6.45) is 2.90. The van der Waals surface area contributed by atoms with Crippen LogP contribution < -0.4 is 4.90 Å². The number of nitrogens with zero attached hydrogens (tertiary/aromatic N) is 4. The number of rotatable bonds is 1. The molecule has 0 spiro atoms. The highest BCUT2D eigenvalue weighted by atomic mass is 16.2. The van der Waals surface area contributed by atoms with E-state index in [1.165, 1.54) is 0 Å². The van der Waals surface area contributed by atoms with E-state index < -0.39 is 0 Å². The Balaban J connectivity index is 1.56. The fraction of sp³-hybridized carbons (Fsp3) is 0.611. The summed E-state index contributed by atoms with van der Waals surface area (Å²) < 4.78 is 0. The van der Waals surface area contributed by atoms with Crippen LogP contribution >= 0.6 is 0 Å². The lowest BCUT2D eigenvalue weighted by Gasteiger charge is -2.38. The first kappa shape index (κ1) is 16.7. The van der Waals surface area contributed by atoms with Gasteiger partial charge >= 0.3 is 11.8 Å². The molecule has 3 heterocycles. The number of likely N-dealkylation sites (tertiary alicyclic amines) is 1. The molecule has 1 aromatic heterocycles. The van der Waals surface area contributed by atoms with Crippen LogP contribution in [0.15, 0.2) is 24.4 Å². The Morgan fingerprint density at radius 3 is 2.17 bits per heavy atom. The van der Waals surface area contributed by atoms with Crippen molar-refractivity contribution in [2.24, 2.45) is 11.8 Å². The SMILES string of the molecule is CC1CC(C)CN(C(=O)C(=O)N2CCN(c3ccccn3)CC2)C1. The van der Waals surface area contributed by atoms with E-state index in [1.54, 1.807) is 16.0 Å². The average Bonchev–Trinajstić information content (AvgIpc) is 2.60. The van der Waals surface area contributed by atoms with E-state index in [1.807, 2.05) is 18.2 Å². The summed E-state index contributed by atoms with van der Waals surface area (Å²) in [6, 6.07) is 5.82. The van der Waals surface area contributed by atoms with Crippen molar-refractivity contribution in [2.45, 2.75) is 20.3 Å². The normalized spacial score (nSPS) is 24.8. The number of hydrogen-bond donors (Lipinski definition) is 0. The first-order valence-corrected chi connectivity index (χ1v) is 8.78. The molecule has 2 amide bonds. The third-order valence-electron chi connectivity index (χ3n) is 4.88. The summed E-state index contributed by atoms with van der Waals surface area (Å²) in [7, 11) is 0. The largest absolute Gasteiger partial charge is 0.353 e. The maximum absolute atomic E-state index is 12.6. The van der Waals surface area contributed by atoms with Crippen LogP contribution in [0.25, 0.3) is 0 Å².